The zero-order valence-corrected chi connectivity index (χ0v) is 14.0. The van der Waals surface area contributed by atoms with Crippen LogP contribution in [0.3, 0.4) is 0 Å². The van der Waals surface area contributed by atoms with Crippen LogP contribution in [0.15, 0.2) is 0 Å². The van der Waals surface area contributed by atoms with Crippen molar-refractivity contribution >= 4 is 11.8 Å². The average molecular weight is 282 g/mol. The molecule has 0 aliphatic carbocycles. The van der Waals surface area contributed by atoms with Crippen LogP contribution in [0.1, 0.15) is 54.9 Å². The molecule has 1 fully saturated rings. The molecule has 1 N–H and O–H groups in total. The van der Waals surface area contributed by atoms with Gasteiger partial charge in [-0.2, -0.15) is 0 Å². The normalized spacial score (nSPS) is 24.6. The fraction of sp³-hybridized carbons (Fsp3) is 0.875. The Labute approximate surface area is 123 Å². The van der Waals surface area contributed by atoms with Crippen molar-refractivity contribution in [1.29, 1.82) is 0 Å². The third kappa shape index (κ3) is 3.97. The van der Waals surface area contributed by atoms with Crippen molar-refractivity contribution in [2.75, 3.05) is 6.54 Å². The van der Waals surface area contributed by atoms with Gasteiger partial charge < -0.3 is 10.2 Å². The molecule has 0 radical (unpaired) electrons. The molecule has 1 saturated heterocycles. The van der Waals surface area contributed by atoms with Gasteiger partial charge in [-0.15, -0.1) is 0 Å². The monoisotopic (exact) mass is 282 g/mol. The zero-order chi connectivity index (χ0) is 15.7. The average Bonchev–Trinajstić information content (AvgIpc) is 2.25. The molecule has 0 spiro atoms. The summed E-state index contributed by atoms with van der Waals surface area (Å²) in [6.07, 6.45) is 0.723. The van der Waals surface area contributed by atoms with Crippen LogP contribution in [0.25, 0.3) is 0 Å². The Hall–Kier alpha value is -1.06. The minimum absolute atomic E-state index is 0.00104. The van der Waals surface area contributed by atoms with Gasteiger partial charge in [0.05, 0.1) is 0 Å². The zero-order valence-electron chi connectivity index (χ0n) is 14.0. The van der Waals surface area contributed by atoms with Crippen molar-refractivity contribution in [2.24, 2.45) is 17.3 Å². The third-order valence-corrected chi connectivity index (χ3v) is 3.62. The van der Waals surface area contributed by atoms with E-state index in [2.05, 4.69) is 33.0 Å². The molecule has 0 aromatic carbocycles. The van der Waals surface area contributed by atoms with E-state index in [0.29, 0.717) is 18.4 Å². The first-order valence-electron chi connectivity index (χ1n) is 7.65. The number of carbonyl (C=O) groups excluding carboxylic acids is 2. The van der Waals surface area contributed by atoms with Gasteiger partial charge in [-0.05, 0) is 23.7 Å². The van der Waals surface area contributed by atoms with Gasteiger partial charge in [0.15, 0.2) is 0 Å². The van der Waals surface area contributed by atoms with Gasteiger partial charge in [0.2, 0.25) is 11.8 Å². The lowest BCUT2D eigenvalue weighted by atomic mass is 9.83. The summed E-state index contributed by atoms with van der Waals surface area (Å²) < 4.78 is 0. The highest BCUT2D eigenvalue weighted by atomic mass is 16.2. The fourth-order valence-electron chi connectivity index (χ4n) is 2.64. The molecular weight excluding hydrogens is 252 g/mol. The Morgan fingerprint density at radius 3 is 2.05 bits per heavy atom. The van der Waals surface area contributed by atoms with Crippen LogP contribution in [0.4, 0.5) is 0 Å². The number of nitrogens with zero attached hydrogens (tertiary/aromatic N) is 1. The molecule has 1 aliphatic heterocycles. The van der Waals surface area contributed by atoms with Crippen molar-refractivity contribution in [3.8, 4) is 0 Å². The van der Waals surface area contributed by atoms with Gasteiger partial charge in [0.1, 0.15) is 12.1 Å². The summed E-state index contributed by atoms with van der Waals surface area (Å²) in [6, 6.07) is -0.735. The summed E-state index contributed by atoms with van der Waals surface area (Å²) in [7, 11) is 0. The minimum atomic E-state index is -0.419. The smallest absolute Gasteiger partial charge is 0.246 e. The second-order valence-electron chi connectivity index (χ2n) is 7.84. The molecule has 2 atom stereocenters. The van der Waals surface area contributed by atoms with Gasteiger partial charge in [-0.25, -0.2) is 0 Å². The molecule has 0 aromatic rings. The van der Waals surface area contributed by atoms with E-state index in [-0.39, 0.29) is 23.3 Å². The second-order valence-corrected chi connectivity index (χ2v) is 7.84. The molecular formula is C16H30N2O2. The molecule has 0 saturated carbocycles. The highest BCUT2D eigenvalue weighted by Gasteiger charge is 2.45. The highest BCUT2D eigenvalue weighted by molar-refractivity contribution is 5.97. The van der Waals surface area contributed by atoms with E-state index in [1.54, 1.807) is 4.90 Å². The summed E-state index contributed by atoms with van der Waals surface area (Å²) in [4.78, 5) is 27.0. The quantitative estimate of drug-likeness (QED) is 0.861. The van der Waals surface area contributed by atoms with Crippen LogP contribution in [0.5, 0.6) is 0 Å². The Kier molecular flexibility index (Phi) is 5.22. The lowest BCUT2D eigenvalue weighted by Crippen LogP contribution is -2.67. The van der Waals surface area contributed by atoms with E-state index >= 15 is 0 Å². The highest BCUT2D eigenvalue weighted by Crippen LogP contribution is 2.27. The van der Waals surface area contributed by atoms with E-state index in [1.807, 2.05) is 20.8 Å². The van der Waals surface area contributed by atoms with Crippen LogP contribution >= 0.6 is 0 Å². The third-order valence-electron chi connectivity index (χ3n) is 3.62. The van der Waals surface area contributed by atoms with Crippen LogP contribution in [-0.2, 0) is 9.59 Å². The molecule has 2 amide bonds. The lowest BCUT2D eigenvalue weighted by molar-refractivity contribution is -0.153. The first-order chi connectivity index (χ1) is 9.04. The summed E-state index contributed by atoms with van der Waals surface area (Å²) in [5.74, 6) is 0.815. The van der Waals surface area contributed by atoms with Gasteiger partial charge in [0.25, 0.3) is 0 Å². The Morgan fingerprint density at radius 1 is 1.10 bits per heavy atom. The number of rotatable bonds is 4. The lowest BCUT2D eigenvalue weighted by Gasteiger charge is -2.44. The molecule has 1 aliphatic rings. The van der Waals surface area contributed by atoms with Gasteiger partial charge in [0, 0.05) is 6.54 Å². The number of hydrogen-bond acceptors (Lipinski definition) is 2. The Bertz CT molecular complexity index is 369. The molecule has 1 heterocycles. The van der Waals surface area contributed by atoms with E-state index < -0.39 is 6.04 Å². The molecule has 2 unspecified atom stereocenters. The summed E-state index contributed by atoms with van der Waals surface area (Å²) >= 11 is 0. The second kappa shape index (κ2) is 6.15. The van der Waals surface area contributed by atoms with Crippen molar-refractivity contribution in [3.63, 3.8) is 0 Å². The van der Waals surface area contributed by atoms with Gasteiger partial charge >= 0.3 is 0 Å². The molecule has 4 nitrogen and oxygen atoms in total. The number of hydrogen-bond donors (Lipinski definition) is 1. The summed E-state index contributed by atoms with van der Waals surface area (Å²) in [5.41, 5.74) is -0.259. The standard InChI is InChI=1S/C16H30N2O2/c1-10(2)8-12-14(19)17-13(16(5,6)7)15(20)18(12)9-11(3)4/h10-13H,8-9H2,1-7H3,(H,17,19). The Morgan fingerprint density at radius 2 is 1.65 bits per heavy atom. The maximum absolute atomic E-state index is 12.8. The predicted octanol–water partition coefficient (Wildman–Crippen LogP) is 2.43. The van der Waals surface area contributed by atoms with Crippen LogP contribution in [-0.4, -0.2) is 35.3 Å². The van der Waals surface area contributed by atoms with Crippen LogP contribution in [0.2, 0.25) is 0 Å². The first-order valence-corrected chi connectivity index (χ1v) is 7.65. The molecule has 0 aromatic heterocycles. The van der Waals surface area contributed by atoms with Crippen molar-refractivity contribution in [1.82, 2.24) is 10.2 Å². The van der Waals surface area contributed by atoms with Gasteiger partial charge in [-0.3, -0.25) is 9.59 Å². The molecule has 116 valence electrons. The van der Waals surface area contributed by atoms with Crippen LogP contribution in [0, 0.1) is 17.3 Å². The van der Waals surface area contributed by atoms with Crippen molar-refractivity contribution < 1.29 is 9.59 Å². The topological polar surface area (TPSA) is 49.4 Å². The van der Waals surface area contributed by atoms with E-state index in [4.69, 9.17) is 0 Å². The molecule has 1 rings (SSSR count). The molecule has 4 heteroatoms. The van der Waals surface area contributed by atoms with E-state index in [0.717, 1.165) is 6.42 Å². The largest absolute Gasteiger partial charge is 0.342 e. The number of carbonyl (C=O) groups is 2. The van der Waals surface area contributed by atoms with Crippen LogP contribution < -0.4 is 5.32 Å². The molecule has 20 heavy (non-hydrogen) atoms. The SMILES string of the molecule is CC(C)CC1C(=O)NC(C(C)(C)C)C(=O)N1CC(C)C. The van der Waals surface area contributed by atoms with E-state index in [1.165, 1.54) is 0 Å². The molecule has 0 bridgehead atoms. The van der Waals surface area contributed by atoms with Gasteiger partial charge in [-0.1, -0.05) is 48.5 Å². The first kappa shape index (κ1) is 17.0. The van der Waals surface area contributed by atoms with E-state index in [9.17, 15) is 9.59 Å². The maximum Gasteiger partial charge on any atom is 0.246 e. The number of nitrogens with one attached hydrogen (secondary N) is 1. The number of piperazine rings is 1. The maximum atomic E-state index is 12.8. The summed E-state index contributed by atoms with van der Waals surface area (Å²) in [5, 5.41) is 2.93. The summed E-state index contributed by atoms with van der Waals surface area (Å²) in [6.45, 7) is 15.0. The fourth-order valence-corrected chi connectivity index (χ4v) is 2.64. The Balaban J connectivity index is 3.04. The predicted molar refractivity (Wildman–Crippen MR) is 81.2 cm³/mol. The number of amides is 2. The van der Waals surface area contributed by atoms with Crippen molar-refractivity contribution in [3.05, 3.63) is 0 Å². The van der Waals surface area contributed by atoms with Crippen molar-refractivity contribution in [2.45, 2.75) is 67.0 Å². The minimum Gasteiger partial charge on any atom is -0.342 e.